The van der Waals surface area contributed by atoms with Gasteiger partial charge in [0, 0.05) is 0 Å². The summed E-state index contributed by atoms with van der Waals surface area (Å²) < 4.78 is 0. The molecular weight excluding hydrogens is 148 g/mol. The summed E-state index contributed by atoms with van der Waals surface area (Å²) in [5.41, 5.74) is 5.54. The third-order valence-electron chi connectivity index (χ3n) is 2.00. The lowest BCUT2D eigenvalue weighted by Crippen LogP contribution is -2.34. The summed E-state index contributed by atoms with van der Waals surface area (Å²) in [6.45, 7) is 5.30. The summed E-state index contributed by atoms with van der Waals surface area (Å²) in [6.07, 6.45) is 8.27. The lowest BCUT2D eigenvalue weighted by molar-refractivity contribution is 0.524. The Bertz CT molecular complexity index is 81.9. The lowest BCUT2D eigenvalue weighted by Gasteiger charge is -2.07. The number of nitrogens with two attached hydrogens (primary N) is 1. The normalized spacial score (nSPS) is 13.2. The Balaban J connectivity index is 2.82. The van der Waals surface area contributed by atoms with Crippen LogP contribution in [0.3, 0.4) is 0 Å². The molecule has 2 nitrogen and oxygen atoms in total. The number of nitrogens with one attached hydrogen (secondary N) is 1. The summed E-state index contributed by atoms with van der Waals surface area (Å²) >= 11 is 0. The van der Waals surface area contributed by atoms with Crippen molar-refractivity contribution in [3.8, 4) is 0 Å². The van der Waals surface area contributed by atoms with Gasteiger partial charge in [0.1, 0.15) is 0 Å². The molecule has 0 aliphatic rings. The fourth-order valence-electron chi connectivity index (χ4n) is 1.24. The van der Waals surface area contributed by atoms with Crippen LogP contribution in [0.1, 0.15) is 52.4 Å². The summed E-state index contributed by atoms with van der Waals surface area (Å²) in [5, 5.41) is 3.21. The Morgan fingerprint density at radius 3 is 2.25 bits per heavy atom. The van der Waals surface area contributed by atoms with Gasteiger partial charge in [-0.25, -0.2) is 0 Å². The van der Waals surface area contributed by atoms with Crippen molar-refractivity contribution in [2.45, 2.75) is 58.5 Å². The second-order valence-corrected chi connectivity index (χ2v) is 3.51. The zero-order valence-electron chi connectivity index (χ0n) is 8.60. The van der Waals surface area contributed by atoms with Crippen LogP contribution in [0.2, 0.25) is 0 Å². The summed E-state index contributed by atoms with van der Waals surface area (Å²) in [7, 11) is 0. The Morgan fingerprint density at radius 1 is 1.08 bits per heavy atom. The molecule has 0 radical (unpaired) electrons. The van der Waals surface area contributed by atoms with Gasteiger partial charge in [-0.2, -0.15) is 0 Å². The molecule has 0 heterocycles. The van der Waals surface area contributed by atoms with E-state index in [1.165, 1.54) is 38.5 Å². The molecule has 2 heteroatoms. The van der Waals surface area contributed by atoms with Gasteiger partial charge in [0.15, 0.2) is 0 Å². The maximum absolute atomic E-state index is 5.54. The second-order valence-electron chi connectivity index (χ2n) is 3.51. The van der Waals surface area contributed by atoms with Crippen molar-refractivity contribution in [3.05, 3.63) is 0 Å². The maximum Gasteiger partial charge on any atom is 0.0517 e. The third kappa shape index (κ3) is 9.92. The van der Waals surface area contributed by atoms with Crippen molar-refractivity contribution < 1.29 is 0 Å². The third-order valence-corrected chi connectivity index (χ3v) is 2.00. The van der Waals surface area contributed by atoms with Crippen LogP contribution in [0.25, 0.3) is 0 Å². The van der Waals surface area contributed by atoms with Crippen molar-refractivity contribution in [3.63, 3.8) is 0 Å². The highest BCUT2D eigenvalue weighted by molar-refractivity contribution is 4.51. The van der Waals surface area contributed by atoms with E-state index in [0.717, 1.165) is 6.54 Å². The predicted octanol–water partition coefficient (Wildman–Crippen LogP) is 2.24. The van der Waals surface area contributed by atoms with Crippen LogP contribution in [-0.2, 0) is 0 Å². The zero-order valence-corrected chi connectivity index (χ0v) is 8.60. The van der Waals surface area contributed by atoms with Gasteiger partial charge in [0.05, 0.1) is 6.17 Å². The molecule has 0 aromatic carbocycles. The molecule has 12 heavy (non-hydrogen) atoms. The molecule has 3 N–H and O–H groups in total. The van der Waals surface area contributed by atoms with Crippen LogP contribution in [0.5, 0.6) is 0 Å². The Morgan fingerprint density at radius 2 is 1.67 bits per heavy atom. The van der Waals surface area contributed by atoms with E-state index in [2.05, 4.69) is 12.2 Å². The molecule has 0 aromatic rings. The molecule has 1 atom stereocenters. The fourth-order valence-corrected chi connectivity index (χ4v) is 1.24. The first-order valence-electron chi connectivity index (χ1n) is 5.26. The molecule has 0 rings (SSSR count). The van der Waals surface area contributed by atoms with E-state index in [1.54, 1.807) is 0 Å². The van der Waals surface area contributed by atoms with E-state index in [4.69, 9.17) is 5.73 Å². The smallest absolute Gasteiger partial charge is 0.0517 e. The molecule has 0 amide bonds. The molecule has 0 saturated heterocycles. The maximum atomic E-state index is 5.54. The molecular formula is C10H24N2. The van der Waals surface area contributed by atoms with E-state index >= 15 is 0 Å². The van der Waals surface area contributed by atoms with Gasteiger partial charge in [-0.15, -0.1) is 0 Å². The van der Waals surface area contributed by atoms with Crippen LogP contribution >= 0.6 is 0 Å². The van der Waals surface area contributed by atoms with Crippen LogP contribution < -0.4 is 11.1 Å². The average molecular weight is 172 g/mol. The Kier molecular flexibility index (Phi) is 8.95. The first-order chi connectivity index (χ1) is 5.77. The predicted molar refractivity (Wildman–Crippen MR) is 55.0 cm³/mol. The van der Waals surface area contributed by atoms with E-state index in [1.807, 2.05) is 6.92 Å². The molecule has 0 spiro atoms. The second kappa shape index (κ2) is 9.01. The minimum atomic E-state index is 0.153. The van der Waals surface area contributed by atoms with E-state index in [0.29, 0.717) is 0 Å². The summed E-state index contributed by atoms with van der Waals surface area (Å²) in [6, 6.07) is 0. The number of unbranched alkanes of at least 4 members (excludes halogenated alkanes) is 5. The Labute approximate surface area is 76.9 Å². The Hall–Kier alpha value is -0.0800. The van der Waals surface area contributed by atoms with Crippen LogP contribution in [-0.4, -0.2) is 12.7 Å². The molecule has 0 fully saturated rings. The molecule has 1 unspecified atom stereocenters. The molecule has 0 aliphatic heterocycles. The minimum absolute atomic E-state index is 0.153. The van der Waals surface area contributed by atoms with Crippen LogP contribution in [0, 0.1) is 0 Å². The average Bonchev–Trinajstić information content (AvgIpc) is 2.02. The van der Waals surface area contributed by atoms with E-state index < -0.39 is 0 Å². The largest absolute Gasteiger partial charge is 0.316 e. The molecule has 0 saturated carbocycles. The topological polar surface area (TPSA) is 38.0 Å². The van der Waals surface area contributed by atoms with Gasteiger partial charge in [0.2, 0.25) is 0 Å². The fraction of sp³-hybridized carbons (Fsp3) is 1.00. The van der Waals surface area contributed by atoms with Gasteiger partial charge in [-0.05, 0) is 19.9 Å². The van der Waals surface area contributed by atoms with Crippen molar-refractivity contribution in [1.82, 2.24) is 5.32 Å². The first-order valence-corrected chi connectivity index (χ1v) is 5.26. The summed E-state index contributed by atoms with van der Waals surface area (Å²) in [5.74, 6) is 0. The van der Waals surface area contributed by atoms with Gasteiger partial charge >= 0.3 is 0 Å². The number of hydrogen-bond acceptors (Lipinski definition) is 2. The zero-order chi connectivity index (χ0) is 9.23. The lowest BCUT2D eigenvalue weighted by atomic mass is 10.1. The molecule has 0 bridgehead atoms. The van der Waals surface area contributed by atoms with Gasteiger partial charge in [0.25, 0.3) is 0 Å². The van der Waals surface area contributed by atoms with E-state index in [-0.39, 0.29) is 6.17 Å². The SMILES string of the molecule is CCCCCCCCNC(C)N. The number of hydrogen-bond donors (Lipinski definition) is 2. The summed E-state index contributed by atoms with van der Waals surface area (Å²) in [4.78, 5) is 0. The highest BCUT2D eigenvalue weighted by Crippen LogP contribution is 2.03. The van der Waals surface area contributed by atoms with Crippen LogP contribution in [0.4, 0.5) is 0 Å². The van der Waals surface area contributed by atoms with Crippen molar-refractivity contribution >= 4 is 0 Å². The van der Waals surface area contributed by atoms with Crippen LogP contribution in [0.15, 0.2) is 0 Å². The number of rotatable bonds is 8. The highest BCUT2D eigenvalue weighted by atomic mass is 15.0. The minimum Gasteiger partial charge on any atom is -0.316 e. The molecule has 0 aliphatic carbocycles. The van der Waals surface area contributed by atoms with Gasteiger partial charge in [-0.3, -0.25) is 0 Å². The highest BCUT2D eigenvalue weighted by Gasteiger charge is 1.92. The monoisotopic (exact) mass is 172 g/mol. The molecule has 0 aromatic heterocycles. The van der Waals surface area contributed by atoms with Crippen molar-refractivity contribution in [1.29, 1.82) is 0 Å². The first kappa shape index (κ1) is 11.9. The van der Waals surface area contributed by atoms with Gasteiger partial charge in [-0.1, -0.05) is 39.0 Å². The van der Waals surface area contributed by atoms with Crippen molar-refractivity contribution in [2.75, 3.05) is 6.54 Å². The van der Waals surface area contributed by atoms with E-state index in [9.17, 15) is 0 Å². The molecule has 74 valence electrons. The van der Waals surface area contributed by atoms with Gasteiger partial charge < -0.3 is 11.1 Å². The quantitative estimate of drug-likeness (QED) is 0.435. The standard InChI is InChI=1S/C10H24N2/c1-3-4-5-6-7-8-9-12-10(2)11/h10,12H,3-9,11H2,1-2H3. The van der Waals surface area contributed by atoms with Crippen molar-refractivity contribution in [2.24, 2.45) is 5.73 Å².